The first-order valence-corrected chi connectivity index (χ1v) is 20.0. The Hall–Kier alpha value is -4.82. The van der Waals surface area contributed by atoms with E-state index in [-0.39, 0.29) is 5.41 Å². The van der Waals surface area contributed by atoms with Gasteiger partial charge in [-0.15, -0.1) is 0 Å². The Morgan fingerprint density at radius 1 is 0.509 bits per heavy atom. The zero-order valence-electron chi connectivity index (χ0n) is 33.8. The molecule has 0 saturated heterocycles. The monoisotopic (exact) mass is 698 g/mol. The van der Waals surface area contributed by atoms with Crippen LogP contribution in [-0.4, -0.2) is 0 Å². The Balaban J connectivity index is 1.33. The largest absolute Gasteiger partial charge is 0.311 e. The van der Waals surface area contributed by atoms with Crippen LogP contribution in [0.15, 0.2) is 114 Å². The first-order valence-electron chi connectivity index (χ1n) is 20.0. The number of rotatable bonds is 10. The molecule has 0 aromatic heterocycles. The molecular formula is C51H58N2. The summed E-state index contributed by atoms with van der Waals surface area (Å²) in [4.78, 5) is 4.99. The van der Waals surface area contributed by atoms with Gasteiger partial charge in [0, 0.05) is 45.5 Å². The summed E-state index contributed by atoms with van der Waals surface area (Å²) in [5.41, 5.74) is 22.7. The molecule has 0 heterocycles. The molecule has 1 atom stereocenters. The zero-order chi connectivity index (χ0) is 37.6. The topological polar surface area (TPSA) is 6.48 Å². The normalized spacial score (nSPS) is 15.8. The maximum atomic E-state index is 2.53. The fraction of sp³-hybridized carbons (Fsp3) is 0.333. The second kappa shape index (κ2) is 14.5. The van der Waals surface area contributed by atoms with E-state index in [2.05, 4.69) is 182 Å². The second-order valence-corrected chi connectivity index (χ2v) is 15.9. The third-order valence-electron chi connectivity index (χ3n) is 12.5. The minimum Gasteiger partial charge on any atom is -0.311 e. The number of benzene rings is 5. The maximum absolute atomic E-state index is 2.53. The van der Waals surface area contributed by atoms with Crippen LogP contribution >= 0.6 is 0 Å². The van der Waals surface area contributed by atoms with Gasteiger partial charge in [-0.2, -0.15) is 0 Å². The Bertz CT molecular complexity index is 2250. The molecule has 2 aliphatic rings. The molecule has 0 bridgehead atoms. The second-order valence-electron chi connectivity index (χ2n) is 15.9. The molecule has 0 spiro atoms. The number of allylic oxidation sites excluding steroid dienone is 3. The van der Waals surface area contributed by atoms with E-state index >= 15 is 0 Å². The van der Waals surface area contributed by atoms with Gasteiger partial charge in [-0.3, -0.25) is 0 Å². The van der Waals surface area contributed by atoms with E-state index in [9.17, 15) is 0 Å². The minimum absolute atomic E-state index is 0.124. The van der Waals surface area contributed by atoms with Crippen LogP contribution in [0.25, 0.3) is 0 Å². The Morgan fingerprint density at radius 2 is 0.962 bits per heavy atom. The first-order chi connectivity index (χ1) is 25.5. The van der Waals surface area contributed by atoms with Gasteiger partial charge in [-0.25, -0.2) is 0 Å². The molecule has 0 radical (unpaired) electrons. The van der Waals surface area contributed by atoms with Crippen molar-refractivity contribution in [1.29, 1.82) is 0 Å². The van der Waals surface area contributed by atoms with Crippen molar-refractivity contribution in [2.24, 2.45) is 0 Å². The quantitative estimate of drug-likeness (QED) is 0.143. The summed E-state index contributed by atoms with van der Waals surface area (Å²) >= 11 is 0. The number of anilines is 5. The molecule has 2 heteroatoms. The lowest BCUT2D eigenvalue weighted by molar-refractivity contribution is 0.609. The predicted molar refractivity (Wildman–Crippen MR) is 229 cm³/mol. The molecule has 0 N–H and O–H groups in total. The Kier molecular flexibility index (Phi) is 10.0. The van der Waals surface area contributed by atoms with Crippen LogP contribution in [0.2, 0.25) is 0 Å². The van der Waals surface area contributed by atoms with E-state index in [0.29, 0.717) is 5.92 Å². The summed E-state index contributed by atoms with van der Waals surface area (Å²) in [7, 11) is 0. The van der Waals surface area contributed by atoms with E-state index in [1.807, 2.05) is 0 Å². The van der Waals surface area contributed by atoms with E-state index < -0.39 is 0 Å². The van der Waals surface area contributed by atoms with Crippen LogP contribution in [0.3, 0.4) is 0 Å². The minimum atomic E-state index is -0.124. The fourth-order valence-corrected chi connectivity index (χ4v) is 8.91. The highest BCUT2D eigenvalue weighted by atomic mass is 15.2. The number of hydrogen-bond donors (Lipinski definition) is 0. The number of aryl methyl sites for hydroxylation is 8. The van der Waals surface area contributed by atoms with E-state index in [4.69, 9.17) is 0 Å². The van der Waals surface area contributed by atoms with Crippen LogP contribution < -0.4 is 9.80 Å². The number of nitrogens with zero attached hydrogens (tertiary/aromatic N) is 2. The molecule has 272 valence electrons. The average molecular weight is 699 g/mol. The van der Waals surface area contributed by atoms with E-state index in [1.54, 1.807) is 0 Å². The summed E-state index contributed by atoms with van der Waals surface area (Å²) < 4.78 is 0. The van der Waals surface area contributed by atoms with Crippen molar-refractivity contribution in [2.75, 3.05) is 9.80 Å². The van der Waals surface area contributed by atoms with Crippen LogP contribution in [0.4, 0.5) is 28.4 Å². The van der Waals surface area contributed by atoms with Crippen LogP contribution in [0, 0.1) is 27.7 Å². The summed E-state index contributed by atoms with van der Waals surface area (Å²) in [5, 5.41) is 0. The molecular weight excluding hydrogens is 641 g/mol. The SMILES string of the molecule is CCc1ccc(N(C2=CCC3C(=C2)C(C)(C)c2cc(N(c4ccc(C)c(C)c4)c4ccc(CC)c(CC)c4)ccc23)c2ccc(C)c(C)c2)cc1CC. The maximum Gasteiger partial charge on any atom is 0.0464 e. The number of fused-ring (bicyclic) bond motifs is 3. The molecule has 0 aliphatic heterocycles. The van der Waals surface area contributed by atoms with Crippen LogP contribution in [0.1, 0.15) is 110 Å². The lowest BCUT2D eigenvalue weighted by Crippen LogP contribution is -2.23. The van der Waals surface area contributed by atoms with E-state index in [1.165, 1.54) is 95.3 Å². The Labute approximate surface area is 319 Å². The van der Waals surface area contributed by atoms with Gasteiger partial charge in [0.15, 0.2) is 0 Å². The van der Waals surface area contributed by atoms with Crippen LogP contribution in [-0.2, 0) is 31.1 Å². The van der Waals surface area contributed by atoms with Crippen molar-refractivity contribution >= 4 is 28.4 Å². The van der Waals surface area contributed by atoms with Gasteiger partial charge in [-0.05, 0) is 182 Å². The smallest absolute Gasteiger partial charge is 0.0464 e. The molecule has 1 unspecified atom stereocenters. The molecule has 5 aromatic rings. The van der Waals surface area contributed by atoms with Gasteiger partial charge in [0.2, 0.25) is 0 Å². The molecule has 0 fully saturated rings. The molecule has 53 heavy (non-hydrogen) atoms. The van der Waals surface area contributed by atoms with Crippen LogP contribution in [0.5, 0.6) is 0 Å². The zero-order valence-corrected chi connectivity index (χ0v) is 33.8. The summed E-state index contributed by atoms with van der Waals surface area (Å²) in [6.07, 6.45) is 10.2. The van der Waals surface area contributed by atoms with Gasteiger partial charge < -0.3 is 9.80 Å². The molecule has 0 amide bonds. The average Bonchev–Trinajstić information content (AvgIpc) is 3.39. The highest BCUT2D eigenvalue weighted by molar-refractivity contribution is 5.80. The summed E-state index contributed by atoms with van der Waals surface area (Å²) in [6.45, 7) is 22.8. The van der Waals surface area contributed by atoms with Crippen molar-refractivity contribution in [1.82, 2.24) is 0 Å². The highest BCUT2D eigenvalue weighted by Crippen LogP contribution is 2.55. The van der Waals surface area contributed by atoms with Crippen molar-refractivity contribution in [3.05, 3.63) is 170 Å². The van der Waals surface area contributed by atoms with Gasteiger partial charge in [0.25, 0.3) is 0 Å². The lowest BCUT2D eigenvalue weighted by Gasteiger charge is -2.33. The third kappa shape index (κ3) is 6.56. The summed E-state index contributed by atoms with van der Waals surface area (Å²) in [6, 6.07) is 35.3. The van der Waals surface area contributed by atoms with Gasteiger partial charge in [0.1, 0.15) is 0 Å². The molecule has 2 nitrogen and oxygen atoms in total. The number of hydrogen-bond acceptors (Lipinski definition) is 2. The Morgan fingerprint density at radius 3 is 1.49 bits per heavy atom. The molecule has 0 saturated carbocycles. The molecule has 7 rings (SSSR count). The van der Waals surface area contributed by atoms with Gasteiger partial charge in [-0.1, -0.05) is 83.5 Å². The van der Waals surface area contributed by atoms with Gasteiger partial charge in [0.05, 0.1) is 0 Å². The lowest BCUT2D eigenvalue weighted by atomic mass is 9.78. The van der Waals surface area contributed by atoms with E-state index in [0.717, 1.165) is 32.1 Å². The molecule has 2 aliphatic carbocycles. The third-order valence-corrected chi connectivity index (χ3v) is 12.5. The van der Waals surface area contributed by atoms with Crippen molar-refractivity contribution in [2.45, 2.75) is 113 Å². The van der Waals surface area contributed by atoms with Crippen molar-refractivity contribution in [3.8, 4) is 0 Å². The first kappa shape index (κ1) is 36.5. The standard InChI is InChI=1S/C51H58N2/c1-11-37-17-21-43(29-39(37)13-3)52(41-19-15-33(5)35(7)27-41)45-23-25-47-48-26-24-46(32-50(48)51(9,10)49(47)31-45)53(42-20-16-34(6)36(8)28-42)44-22-18-38(12-2)40(14-4)30-44/h15-25,27-32,48H,11-14,26H2,1-10H3. The highest BCUT2D eigenvalue weighted by Gasteiger charge is 2.43. The summed E-state index contributed by atoms with van der Waals surface area (Å²) in [5.74, 6) is 0.374. The van der Waals surface area contributed by atoms with Crippen molar-refractivity contribution < 1.29 is 0 Å². The fourth-order valence-electron chi connectivity index (χ4n) is 8.91. The van der Waals surface area contributed by atoms with Gasteiger partial charge >= 0.3 is 0 Å². The predicted octanol–water partition coefficient (Wildman–Crippen LogP) is 14.1. The molecule has 5 aromatic carbocycles. The van der Waals surface area contributed by atoms with Crippen molar-refractivity contribution in [3.63, 3.8) is 0 Å².